The van der Waals surface area contributed by atoms with Gasteiger partial charge in [0.15, 0.2) is 0 Å². The van der Waals surface area contributed by atoms with Crippen molar-refractivity contribution >= 4 is 17.3 Å². The minimum Gasteiger partial charge on any atom is -0.437 e. The van der Waals surface area contributed by atoms with Crippen LogP contribution >= 0.6 is 11.6 Å². The van der Waals surface area contributed by atoms with Gasteiger partial charge < -0.3 is 10.5 Å². The molecule has 0 fully saturated rings. The van der Waals surface area contributed by atoms with Crippen molar-refractivity contribution in [3.63, 3.8) is 0 Å². The normalized spacial score (nSPS) is 9.65. The van der Waals surface area contributed by atoms with E-state index in [0.29, 0.717) is 27.9 Å². The van der Waals surface area contributed by atoms with Gasteiger partial charge in [-0.2, -0.15) is 5.26 Å². The molecule has 1 aromatic carbocycles. The Balaban J connectivity index is 2.23. The fourth-order valence-electron chi connectivity index (χ4n) is 1.24. The first-order chi connectivity index (χ1) is 8.19. The van der Waals surface area contributed by atoms with Crippen molar-refractivity contribution < 1.29 is 4.74 Å². The molecule has 0 unspecified atom stereocenters. The summed E-state index contributed by atoms with van der Waals surface area (Å²) in [6.07, 6.45) is 1.46. The number of anilines is 1. The van der Waals surface area contributed by atoms with Gasteiger partial charge in [-0.3, -0.25) is 0 Å². The average molecular weight is 246 g/mol. The summed E-state index contributed by atoms with van der Waals surface area (Å²) in [5.74, 6) is 0.852. The first-order valence-corrected chi connectivity index (χ1v) is 5.16. The molecule has 0 bridgehead atoms. The maximum Gasteiger partial charge on any atom is 0.242 e. The molecule has 0 aliphatic rings. The van der Waals surface area contributed by atoms with Crippen molar-refractivity contribution in [3.05, 3.63) is 47.1 Å². The van der Waals surface area contributed by atoms with Gasteiger partial charge in [-0.15, -0.1) is 0 Å². The number of hydrogen-bond donors (Lipinski definition) is 1. The van der Waals surface area contributed by atoms with Crippen molar-refractivity contribution in [1.82, 2.24) is 4.98 Å². The van der Waals surface area contributed by atoms with E-state index in [0.717, 1.165) is 0 Å². The molecule has 1 heterocycles. The summed E-state index contributed by atoms with van der Waals surface area (Å²) in [5.41, 5.74) is 6.63. The number of nitrogens with zero attached hydrogens (tertiary/aromatic N) is 2. The standard InChI is InChI=1S/C12H8ClN3O/c13-9-5-11(15)12(16-7-9)17-10-3-1-8(6-14)2-4-10/h1-5,7H,15H2. The number of benzene rings is 1. The van der Waals surface area contributed by atoms with E-state index in [1.807, 2.05) is 6.07 Å². The largest absolute Gasteiger partial charge is 0.437 e. The minimum atomic E-state index is 0.291. The van der Waals surface area contributed by atoms with Crippen LogP contribution in [0, 0.1) is 11.3 Å². The topological polar surface area (TPSA) is 71.9 Å². The van der Waals surface area contributed by atoms with Gasteiger partial charge in [-0.1, -0.05) is 11.6 Å². The maximum absolute atomic E-state index is 8.66. The lowest BCUT2D eigenvalue weighted by Gasteiger charge is -2.06. The fraction of sp³-hybridized carbons (Fsp3) is 0. The molecule has 17 heavy (non-hydrogen) atoms. The van der Waals surface area contributed by atoms with E-state index in [9.17, 15) is 0 Å². The fourth-order valence-corrected chi connectivity index (χ4v) is 1.40. The van der Waals surface area contributed by atoms with Crippen LogP contribution < -0.4 is 10.5 Å². The van der Waals surface area contributed by atoms with Crippen LogP contribution in [-0.4, -0.2) is 4.98 Å². The molecular formula is C12H8ClN3O. The summed E-state index contributed by atoms with van der Waals surface area (Å²) >= 11 is 5.73. The van der Waals surface area contributed by atoms with Crippen LogP contribution in [0.2, 0.25) is 5.02 Å². The number of nitrogen functional groups attached to an aromatic ring is 1. The lowest BCUT2D eigenvalue weighted by atomic mass is 10.2. The van der Waals surface area contributed by atoms with Gasteiger partial charge in [-0.25, -0.2) is 4.98 Å². The Bertz CT molecular complexity index is 575. The van der Waals surface area contributed by atoms with Crippen LogP contribution in [-0.2, 0) is 0 Å². The van der Waals surface area contributed by atoms with Crippen molar-refractivity contribution in [2.24, 2.45) is 0 Å². The molecule has 0 saturated carbocycles. The summed E-state index contributed by atoms with van der Waals surface area (Å²) in [4.78, 5) is 3.97. The van der Waals surface area contributed by atoms with Gasteiger partial charge in [0.2, 0.25) is 5.88 Å². The molecule has 84 valence electrons. The van der Waals surface area contributed by atoms with E-state index in [-0.39, 0.29) is 0 Å². The molecular weight excluding hydrogens is 238 g/mol. The van der Waals surface area contributed by atoms with E-state index >= 15 is 0 Å². The molecule has 2 aromatic rings. The quantitative estimate of drug-likeness (QED) is 0.883. The first-order valence-electron chi connectivity index (χ1n) is 4.78. The Kier molecular flexibility index (Phi) is 3.12. The highest BCUT2D eigenvalue weighted by Crippen LogP contribution is 2.26. The van der Waals surface area contributed by atoms with Crippen molar-refractivity contribution in [2.45, 2.75) is 0 Å². The highest BCUT2D eigenvalue weighted by atomic mass is 35.5. The van der Waals surface area contributed by atoms with Crippen molar-refractivity contribution in [1.29, 1.82) is 5.26 Å². The number of aromatic nitrogens is 1. The summed E-state index contributed by atoms with van der Waals surface area (Å²) in [6.45, 7) is 0. The number of halogens is 1. The van der Waals surface area contributed by atoms with Gasteiger partial charge in [0.05, 0.1) is 22.3 Å². The van der Waals surface area contributed by atoms with E-state index in [4.69, 9.17) is 27.3 Å². The van der Waals surface area contributed by atoms with Gasteiger partial charge in [0, 0.05) is 6.20 Å². The van der Waals surface area contributed by atoms with E-state index in [2.05, 4.69) is 4.98 Å². The molecule has 2 rings (SSSR count). The summed E-state index contributed by atoms with van der Waals surface area (Å²) in [5, 5.41) is 9.11. The van der Waals surface area contributed by atoms with Crippen LogP contribution in [0.1, 0.15) is 5.56 Å². The Morgan fingerprint density at radius 2 is 2.00 bits per heavy atom. The number of nitriles is 1. The van der Waals surface area contributed by atoms with Crippen LogP contribution in [0.25, 0.3) is 0 Å². The number of ether oxygens (including phenoxy) is 1. The van der Waals surface area contributed by atoms with E-state index in [1.165, 1.54) is 6.20 Å². The van der Waals surface area contributed by atoms with Gasteiger partial charge >= 0.3 is 0 Å². The first kappa shape index (κ1) is 11.2. The Morgan fingerprint density at radius 1 is 1.29 bits per heavy atom. The maximum atomic E-state index is 8.66. The van der Waals surface area contributed by atoms with Gasteiger partial charge in [-0.05, 0) is 30.3 Å². The van der Waals surface area contributed by atoms with Gasteiger partial charge in [0.1, 0.15) is 5.75 Å². The van der Waals surface area contributed by atoms with Crippen LogP contribution in [0.3, 0.4) is 0 Å². The number of nitrogens with two attached hydrogens (primary N) is 1. The Hall–Kier alpha value is -2.25. The Morgan fingerprint density at radius 3 is 2.59 bits per heavy atom. The molecule has 0 atom stereocenters. The second-order valence-electron chi connectivity index (χ2n) is 3.29. The van der Waals surface area contributed by atoms with Crippen LogP contribution in [0.5, 0.6) is 11.6 Å². The highest BCUT2D eigenvalue weighted by Gasteiger charge is 2.04. The molecule has 0 aliphatic carbocycles. The molecule has 0 radical (unpaired) electrons. The summed E-state index contributed by atoms with van der Waals surface area (Å²) < 4.78 is 5.46. The van der Waals surface area contributed by atoms with Crippen LogP contribution in [0.15, 0.2) is 36.5 Å². The number of pyridine rings is 1. The lowest BCUT2D eigenvalue weighted by molar-refractivity contribution is 0.465. The third-order valence-electron chi connectivity index (χ3n) is 2.04. The monoisotopic (exact) mass is 245 g/mol. The SMILES string of the molecule is N#Cc1ccc(Oc2ncc(Cl)cc2N)cc1. The predicted molar refractivity (Wildman–Crippen MR) is 64.9 cm³/mol. The zero-order chi connectivity index (χ0) is 12.3. The molecule has 0 aliphatic heterocycles. The Labute approximate surface area is 103 Å². The number of rotatable bonds is 2. The molecule has 1 aromatic heterocycles. The third kappa shape index (κ3) is 2.65. The molecule has 5 heteroatoms. The zero-order valence-corrected chi connectivity index (χ0v) is 9.48. The minimum absolute atomic E-state index is 0.291. The lowest BCUT2D eigenvalue weighted by Crippen LogP contribution is -1.94. The molecule has 0 amide bonds. The second kappa shape index (κ2) is 4.73. The number of hydrogen-bond acceptors (Lipinski definition) is 4. The predicted octanol–water partition coefficient (Wildman–Crippen LogP) is 2.98. The van der Waals surface area contributed by atoms with Crippen LogP contribution in [0.4, 0.5) is 5.69 Å². The molecule has 0 saturated heterocycles. The molecule has 0 spiro atoms. The zero-order valence-electron chi connectivity index (χ0n) is 8.72. The third-order valence-corrected chi connectivity index (χ3v) is 2.25. The van der Waals surface area contributed by atoms with Gasteiger partial charge in [0.25, 0.3) is 0 Å². The molecule has 4 nitrogen and oxygen atoms in total. The summed E-state index contributed by atoms with van der Waals surface area (Å²) in [6, 6.07) is 10.2. The smallest absolute Gasteiger partial charge is 0.242 e. The van der Waals surface area contributed by atoms with E-state index in [1.54, 1.807) is 30.3 Å². The highest BCUT2D eigenvalue weighted by molar-refractivity contribution is 6.30. The van der Waals surface area contributed by atoms with Crippen molar-refractivity contribution in [3.8, 4) is 17.7 Å². The second-order valence-corrected chi connectivity index (χ2v) is 3.72. The average Bonchev–Trinajstić information content (AvgIpc) is 2.34. The summed E-state index contributed by atoms with van der Waals surface area (Å²) in [7, 11) is 0. The van der Waals surface area contributed by atoms with E-state index < -0.39 is 0 Å². The molecule has 2 N–H and O–H groups in total. The van der Waals surface area contributed by atoms with Crippen molar-refractivity contribution in [2.75, 3.05) is 5.73 Å².